The van der Waals surface area contributed by atoms with Gasteiger partial charge in [-0.05, 0) is 12.5 Å². The number of aromatic nitrogens is 2. The van der Waals surface area contributed by atoms with Crippen molar-refractivity contribution in [1.29, 1.82) is 10.5 Å². The molecule has 0 spiro atoms. The van der Waals surface area contributed by atoms with Gasteiger partial charge in [0.15, 0.2) is 0 Å². The molecule has 0 fully saturated rings. The second-order valence-corrected chi connectivity index (χ2v) is 5.77. The molecular formula is C20H16N4O. The fourth-order valence-corrected chi connectivity index (χ4v) is 2.81. The van der Waals surface area contributed by atoms with Crippen molar-refractivity contribution in [3.05, 3.63) is 65.0 Å². The van der Waals surface area contributed by atoms with Gasteiger partial charge in [0.05, 0.1) is 35.7 Å². The lowest BCUT2D eigenvalue weighted by Crippen LogP contribution is -2.27. The Bertz CT molecular complexity index is 1030. The summed E-state index contributed by atoms with van der Waals surface area (Å²) < 4.78 is 1.36. The summed E-state index contributed by atoms with van der Waals surface area (Å²) in [4.78, 5) is 12.8. The maximum atomic E-state index is 12.8. The zero-order valence-corrected chi connectivity index (χ0v) is 13.6. The Morgan fingerprint density at radius 3 is 2.36 bits per heavy atom. The van der Waals surface area contributed by atoms with Gasteiger partial charge in [-0.15, -0.1) is 0 Å². The van der Waals surface area contributed by atoms with Gasteiger partial charge < -0.3 is 0 Å². The molecule has 5 nitrogen and oxygen atoms in total. The maximum absolute atomic E-state index is 12.8. The predicted octanol–water partition coefficient (Wildman–Crippen LogP) is 3.51. The van der Waals surface area contributed by atoms with E-state index in [1.54, 1.807) is 6.07 Å². The highest BCUT2D eigenvalue weighted by Gasteiger charge is 2.15. The molecule has 3 rings (SSSR count). The van der Waals surface area contributed by atoms with Crippen LogP contribution in [0.1, 0.15) is 12.8 Å². The van der Waals surface area contributed by atoms with E-state index in [-0.39, 0.29) is 18.5 Å². The first-order valence-electron chi connectivity index (χ1n) is 8.06. The maximum Gasteiger partial charge on any atom is 0.274 e. The molecule has 0 radical (unpaired) electrons. The van der Waals surface area contributed by atoms with Crippen molar-refractivity contribution in [2.75, 3.05) is 0 Å². The summed E-state index contributed by atoms with van der Waals surface area (Å²) in [6.07, 6.45) is 0.709. The van der Waals surface area contributed by atoms with Gasteiger partial charge in [-0.1, -0.05) is 48.5 Å². The Balaban J connectivity index is 2.14. The van der Waals surface area contributed by atoms with Gasteiger partial charge in [-0.25, -0.2) is 4.68 Å². The molecule has 1 atom stereocenters. The Morgan fingerprint density at radius 1 is 1.00 bits per heavy atom. The van der Waals surface area contributed by atoms with Crippen LogP contribution in [0.15, 0.2) is 59.4 Å². The van der Waals surface area contributed by atoms with Crippen LogP contribution in [0, 0.1) is 28.6 Å². The van der Waals surface area contributed by atoms with Crippen LogP contribution in [0.5, 0.6) is 0 Å². The summed E-state index contributed by atoms with van der Waals surface area (Å²) in [5, 5.41) is 23.9. The SMILES string of the molecule is N#CCC[C@H](C#N)Cn1nc(-c2ccccc2)c2ccccc2c1=O. The van der Waals surface area contributed by atoms with Crippen LogP contribution >= 0.6 is 0 Å². The zero-order valence-electron chi connectivity index (χ0n) is 13.6. The van der Waals surface area contributed by atoms with E-state index in [1.807, 2.05) is 54.6 Å². The topological polar surface area (TPSA) is 82.5 Å². The quantitative estimate of drug-likeness (QED) is 0.717. The molecule has 0 aliphatic rings. The van der Waals surface area contributed by atoms with E-state index in [2.05, 4.69) is 11.2 Å². The second kappa shape index (κ2) is 7.42. The Hall–Kier alpha value is -3.44. The molecule has 0 N–H and O–H groups in total. The van der Waals surface area contributed by atoms with Crippen LogP contribution in [0.3, 0.4) is 0 Å². The molecule has 25 heavy (non-hydrogen) atoms. The third-order valence-electron chi connectivity index (χ3n) is 4.10. The molecule has 2 aromatic carbocycles. The lowest BCUT2D eigenvalue weighted by atomic mass is 10.0. The molecular weight excluding hydrogens is 312 g/mol. The first-order valence-corrected chi connectivity index (χ1v) is 8.06. The summed E-state index contributed by atoms with van der Waals surface area (Å²) in [7, 11) is 0. The van der Waals surface area contributed by atoms with Crippen LogP contribution < -0.4 is 5.56 Å². The van der Waals surface area contributed by atoms with E-state index in [0.717, 1.165) is 10.9 Å². The normalized spacial score (nSPS) is 11.6. The van der Waals surface area contributed by atoms with Crippen molar-refractivity contribution in [2.24, 2.45) is 5.92 Å². The Labute approximate surface area is 145 Å². The van der Waals surface area contributed by atoms with Crippen molar-refractivity contribution < 1.29 is 0 Å². The van der Waals surface area contributed by atoms with Gasteiger partial charge in [-0.2, -0.15) is 15.6 Å². The van der Waals surface area contributed by atoms with Crippen LogP contribution in [0.25, 0.3) is 22.0 Å². The van der Waals surface area contributed by atoms with Crippen LogP contribution in [0.4, 0.5) is 0 Å². The molecule has 1 heterocycles. The molecule has 5 heteroatoms. The molecule has 1 aromatic heterocycles. The van der Waals surface area contributed by atoms with Crippen molar-refractivity contribution in [1.82, 2.24) is 9.78 Å². The smallest absolute Gasteiger partial charge is 0.267 e. The molecule has 0 amide bonds. The van der Waals surface area contributed by atoms with Crippen LogP contribution in [-0.4, -0.2) is 9.78 Å². The average Bonchev–Trinajstić information content (AvgIpc) is 2.67. The first-order chi connectivity index (χ1) is 12.2. The van der Waals surface area contributed by atoms with E-state index in [1.165, 1.54) is 4.68 Å². The van der Waals surface area contributed by atoms with Crippen molar-refractivity contribution in [3.8, 4) is 23.4 Å². The summed E-state index contributed by atoms with van der Waals surface area (Å²) in [5.74, 6) is -0.422. The Kier molecular flexibility index (Phi) is 4.87. The van der Waals surface area contributed by atoms with Gasteiger partial charge in [0.2, 0.25) is 0 Å². The number of nitrogens with zero attached hydrogens (tertiary/aromatic N) is 4. The van der Waals surface area contributed by atoms with E-state index >= 15 is 0 Å². The van der Waals surface area contributed by atoms with Gasteiger partial charge in [0.25, 0.3) is 5.56 Å². The molecule has 122 valence electrons. The van der Waals surface area contributed by atoms with Crippen molar-refractivity contribution in [3.63, 3.8) is 0 Å². The molecule has 0 aliphatic carbocycles. The molecule has 3 aromatic rings. The average molecular weight is 328 g/mol. The molecule has 0 unspecified atom stereocenters. The van der Waals surface area contributed by atoms with Gasteiger partial charge in [0, 0.05) is 17.4 Å². The van der Waals surface area contributed by atoms with Crippen molar-refractivity contribution in [2.45, 2.75) is 19.4 Å². The second-order valence-electron chi connectivity index (χ2n) is 5.77. The summed E-state index contributed by atoms with van der Waals surface area (Å²) in [5.41, 5.74) is 1.42. The number of benzene rings is 2. The molecule has 0 bridgehead atoms. The Morgan fingerprint density at radius 2 is 1.68 bits per heavy atom. The largest absolute Gasteiger partial charge is 0.274 e. The number of nitriles is 2. The third-order valence-corrected chi connectivity index (χ3v) is 4.10. The first kappa shape index (κ1) is 16.4. The highest BCUT2D eigenvalue weighted by Crippen LogP contribution is 2.24. The fourth-order valence-electron chi connectivity index (χ4n) is 2.81. The summed E-state index contributed by atoms with van der Waals surface area (Å²) in [6.45, 7) is 0.182. The molecule has 0 aliphatic heterocycles. The number of hydrogen-bond acceptors (Lipinski definition) is 4. The van der Waals surface area contributed by atoms with E-state index < -0.39 is 5.92 Å². The van der Waals surface area contributed by atoms with Crippen LogP contribution in [0.2, 0.25) is 0 Å². The minimum absolute atomic E-state index is 0.182. The highest BCUT2D eigenvalue weighted by atomic mass is 16.1. The fraction of sp³-hybridized carbons (Fsp3) is 0.200. The predicted molar refractivity (Wildman–Crippen MR) is 95.4 cm³/mol. The molecule has 0 saturated carbocycles. The summed E-state index contributed by atoms with van der Waals surface area (Å²) in [6, 6.07) is 21.2. The van der Waals surface area contributed by atoms with Crippen molar-refractivity contribution >= 4 is 10.8 Å². The molecule has 0 saturated heterocycles. The lowest BCUT2D eigenvalue weighted by molar-refractivity contribution is 0.463. The highest BCUT2D eigenvalue weighted by molar-refractivity contribution is 5.93. The number of rotatable bonds is 5. The lowest BCUT2D eigenvalue weighted by Gasteiger charge is -2.13. The monoisotopic (exact) mass is 328 g/mol. The third kappa shape index (κ3) is 3.41. The van der Waals surface area contributed by atoms with Crippen LogP contribution in [-0.2, 0) is 6.54 Å². The van der Waals surface area contributed by atoms with Gasteiger partial charge >= 0.3 is 0 Å². The number of fused-ring (bicyclic) bond motifs is 1. The number of hydrogen-bond donors (Lipinski definition) is 0. The summed E-state index contributed by atoms with van der Waals surface area (Å²) >= 11 is 0. The standard InChI is InChI=1S/C20H16N4O/c21-12-6-7-15(13-22)14-24-20(25)18-11-5-4-10-17(18)19(23-24)16-8-2-1-3-9-16/h1-5,8-11,15H,6-7,14H2/t15-/m1/s1. The van der Waals surface area contributed by atoms with E-state index in [0.29, 0.717) is 17.5 Å². The van der Waals surface area contributed by atoms with E-state index in [4.69, 9.17) is 5.26 Å². The van der Waals surface area contributed by atoms with E-state index in [9.17, 15) is 10.1 Å². The zero-order chi connectivity index (χ0) is 17.6. The minimum atomic E-state index is -0.422. The van der Waals surface area contributed by atoms with Gasteiger partial charge in [0.1, 0.15) is 0 Å². The minimum Gasteiger partial charge on any atom is -0.267 e. The van der Waals surface area contributed by atoms with Gasteiger partial charge in [-0.3, -0.25) is 4.79 Å².